The number of nitrogens with zero attached hydrogens (tertiary/aromatic N) is 1. The number of ether oxygens (including phenoxy) is 1. The number of carboxylic acids is 1. The molecule has 7 heteroatoms. The smallest absolute Gasteiger partial charge is 0.335 e. The zero-order chi connectivity index (χ0) is 15.4. The third-order valence-electron chi connectivity index (χ3n) is 2.71. The first-order valence-corrected chi connectivity index (χ1v) is 6.23. The van der Waals surface area contributed by atoms with E-state index in [1.807, 2.05) is 0 Å². The molecule has 1 heterocycles. The zero-order valence-corrected chi connectivity index (χ0v) is 11.7. The van der Waals surface area contributed by atoms with Gasteiger partial charge in [-0.05, 0) is 24.3 Å². The van der Waals surface area contributed by atoms with Crippen LogP contribution in [0.4, 0.5) is 5.69 Å². The van der Waals surface area contributed by atoms with E-state index in [-0.39, 0.29) is 21.8 Å². The van der Waals surface area contributed by atoms with Crippen molar-refractivity contribution in [2.24, 2.45) is 0 Å². The third-order valence-corrected chi connectivity index (χ3v) is 3.01. The van der Waals surface area contributed by atoms with Crippen LogP contribution in [0.2, 0.25) is 5.02 Å². The lowest BCUT2D eigenvalue weighted by atomic mass is 10.1. The monoisotopic (exact) mass is 306 g/mol. The molecule has 0 spiro atoms. The summed E-state index contributed by atoms with van der Waals surface area (Å²) in [5.74, 6) is -1.24. The van der Waals surface area contributed by atoms with Crippen molar-refractivity contribution in [3.63, 3.8) is 0 Å². The number of hydrogen-bond acceptors (Lipinski definition) is 4. The van der Waals surface area contributed by atoms with Gasteiger partial charge in [0.05, 0.1) is 28.9 Å². The van der Waals surface area contributed by atoms with Gasteiger partial charge in [0.15, 0.2) is 0 Å². The molecule has 0 bridgehead atoms. The Morgan fingerprint density at radius 1 is 1.33 bits per heavy atom. The number of carboxylic acid groups (broad SMARTS) is 1. The number of pyridine rings is 1. The van der Waals surface area contributed by atoms with Crippen LogP contribution in [0.1, 0.15) is 20.7 Å². The number of halogens is 1. The Kier molecular flexibility index (Phi) is 4.39. The van der Waals surface area contributed by atoms with Crippen molar-refractivity contribution in [3.05, 3.63) is 52.8 Å². The standard InChI is InChI=1S/C14H11ClN2O4/c1-21-12-3-2-8(14(19)20)6-11(12)17-13(18)9-4-5-16-7-10(9)15/h2-7H,1H3,(H,17,18)(H,19,20). The van der Waals surface area contributed by atoms with E-state index in [0.29, 0.717) is 5.75 Å². The van der Waals surface area contributed by atoms with Gasteiger partial charge in [-0.1, -0.05) is 11.6 Å². The predicted molar refractivity (Wildman–Crippen MR) is 77.2 cm³/mol. The van der Waals surface area contributed by atoms with E-state index in [2.05, 4.69) is 10.3 Å². The van der Waals surface area contributed by atoms with Crippen LogP contribution in [0, 0.1) is 0 Å². The predicted octanol–water partition coefficient (Wildman–Crippen LogP) is 2.69. The van der Waals surface area contributed by atoms with Gasteiger partial charge < -0.3 is 15.2 Å². The second-order valence-electron chi connectivity index (χ2n) is 4.03. The number of carbonyl (C=O) groups excluding carboxylic acids is 1. The normalized spacial score (nSPS) is 10.0. The van der Waals surface area contributed by atoms with E-state index in [0.717, 1.165) is 0 Å². The number of benzene rings is 1. The summed E-state index contributed by atoms with van der Waals surface area (Å²) in [7, 11) is 1.42. The second-order valence-corrected chi connectivity index (χ2v) is 4.44. The van der Waals surface area contributed by atoms with Gasteiger partial charge in [-0.15, -0.1) is 0 Å². The van der Waals surface area contributed by atoms with Gasteiger partial charge in [0, 0.05) is 12.4 Å². The molecule has 0 aliphatic rings. The largest absolute Gasteiger partial charge is 0.495 e. The molecule has 1 aromatic carbocycles. The molecule has 0 saturated carbocycles. The first kappa shape index (κ1) is 14.8. The van der Waals surface area contributed by atoms with Crippen molar-refractivity contribution in [1.29, 1.82) is 0 Å². The Hall–Kier alpha value is -2.60. The molecule has 6 nitrogen and oxygen atoms in total. The van der Waals surface area contributed by atoms with Gasteiger partial charge >= 0.3 is 5.97 Å². The van der Waals surface area contributed by atoms with E-state index in [4.69, 9.17) is 21.4 Å². The van der Waals surface area contributed by atoms with Crippen LogP contribution in [0.15, 0.2) is 36.7 Å². The molecule has 0 atom stereocenters. The molecule has 1 amide bonds. The Morgan fingerprint density at radius 2 is 2.10 bits per heavy atom. The molecule has 1 aromatic heterocycles. The van der Waals surface area contributed by atoms with Crippen LogP contribution in [-0.2, 0) is 0 Å². The average Bonchev–Trinajstić information content (AvgIpc) is 2.47. The molecule has 2 N–H and O–H groups in total. The number of anilines is 1. The molecule has 2 aromatic rings. The summed E-state index contributed by atoms with van der Waals surface area (Å²) in [6.07, 6.45) is 2.78. The lowest BCUT2D eigenvalue weighted by molar-refractivity contribution is 0.0696. The van der Waals surface area contributed by atoms with Crippen molar-refractivity contribution in [2.45, 2.75) is 0 Å². The summed E-state index contributed by atoms with van der Waals surface area (Å²) in [4.78, 5) is 26.9. The minimum atomic E-state index is -1.10. The Labute approximate surface area is 125 Å². The molecule has 0 unspecified atom stereocenters. The number of carbonyl (C=O) groups is 2. The molecule has 108 valence electrons. The van der Waals surface area contributed by atoms with Gasteiger partial charge in [-0.2, -0.15) is 0 Å². The fraction of sp³-hybridized carbons (Fsp3) is 0.0714. The highest BCUT2D eigenvalue weighted by molar-refractivity contribution is 6.34. The van der Waals surface area contributed by atoms with Gasteiger partial charge in [-0.3, -0.25) is 9.78 Å². The topological polar surface area (TPSA) is 88.5 Å². The van der Waals surface area contributed by atoms with E-state index in [1.54, 1.807) is 0 Å². The molecule has 2 rings (SSSR count). The molecular formula is C14H11ClN2O4. The molecule has 21 heavy (non-hydrogen) atoms. The summed E-state index contributed by atoms with van der Waals surface area (Å²) in [5.41, 5.74) is 0.511. The number of aromatic carboxylic acids is 1. The summed E-state index contributed by atoms with van der Waals surface area (Å²) < 4.78 is 5.09. The lowest BCUT2D eigenvalue weighted by Gasteiger charge is -2.11. The van der Waals surface area contributed by atoms with Crippen molar-refractivity contribution >= 4 is 29.2 Å². The Morgan fingerprint density at radius 3 is 2.71 bits per heavy atom. The quantitative estimate of drug-likeness (QED) is 0.906. The van der Waals surface area contributed by atoms with E-state index < -0.39 is 11.9 Å². The Bertz CT molecular complexity index is 703. The minimum Gasteiger partial charge on any atom is -0.495 e. The lowest BCUT2D eigenvalue weighted by Crippen LogP contribution is -2.14. The van der Waals surface area contributed by atoms with E-state index in [1.165, 1.54) is 43.8 Å². The highest BCUT2D eigenvalue weighted by Gasteiger charge is 2.14. The Balaban J connectivity index is 2.34. The maximum Gasteiger partial charge on any atom is 0.335 e. The minimum absolute atomic E-state index is 0.0342. The van der Waals surface area contributed by atoms with Crippen molar-refractivity contribution in [2.75, 3.05) is 12.4 Å². The molecule has 0 radical (unpaired) electrons. The molecule has 0 saturated heterocycles. The summed E-state index contributed by atoms with van der Waals surface area (Å²) in [6, 6.07) is 5.63. The number of hydrogen-bond donors (Lipinski definition) is 2. The summed E-state index contributed by atoms with van der Waals surface area (Å²) in [5, 5.41) is 11.8. The molecular weight excluding hydrogens is 296 g/mol. The maximum atomic E-state index is 12.2. The van der Waals surface area contributed by atoms with Gasteiger partial charge in [-0.25, -0.2) is 4.79 Å². The first-order chi connectivity index (χ1) is 10.0. The van der Waals surface area contributed by atoms with Gasteiger partial charge in [0.25, 0.3) is 5.91 Å². The van der Waals surface area contributed by atoms with Crippen LogP contribution < -0.4 is 10.1 Å². The van der Waals surface area contributed by atoms with Gasteiger partial charge in [0.1, 0.15) is 5.75 Å². The summed E-state index contributed by atoms with van der Waals surface area (Å²) in [6.45, 7) is 0. The van der Waals surface area contributed by atoms with Crippen LogP contribution in [0.3, 0.4) is 0 Å². The number of rotatable bonds is 4. The van der Waals surface area contributed by atoms with Gasteiger partial charge in [0.2, 0.25) is 0 Å². The molecule has 0 aliphatic carbocycles. The highest BCUT2D eigenvalue weighted by atomic mass is 35.5. The van der Waals surface area contributed by atoms with Crippen molar-refractivity contribution in [3.8, 4) is 5.75 Å². The number of methoxy groups -OCH3 is 1. The fourth-order valence-corrected chi connectivity index (χ4v) is 1.89. The molecule has 0 fully saturated rings. The van der Waals surface area contributed by atoms with Crippen molar-refractivity contribution < 1.29 is 19.4 Å². The van der Waals surface area contributed by atoms with Crippen LogP contribution in [0.25, 0.3) is 0 Å². The van der Waals surface area contributed by atoms with Crippen molar-refractivity contribution in [1.82, 2.24) is 4.98 Å². The maximum absolute atomic E-state index is 12.2. The third kappa shape index (κ3) is 3.29. The summed E-state index contributed by atoms with van der Waals surface area (Å²) >= 11 is 5.89. The molecule has 0 aliphatic heterocycles. The SMILES string of the molecule is COc1ccc(C(=O)O)cc1NC(=O)c1ccncc1Cl. The number of nitrogens with one attached hydrogen (secondary N) is 1. The number of amides is 1. The highest BCUT2D eigenvalue weighted by Crippen LogP contribution is 2.26. The zero-order valence-electron chi connectivity index (χ0n) is 11.0. The average molecular weight is 307 g/mol. The fourth-order valence-electron chi connectivity index (χ4n) is 1.69. The number of aromatic nitrogens is 1. The van der Waals surface area contributed by atoms with Crippen LogP contribution >= 0.6 is 11.6 Å². The first-order valence-electron chi connectivity index (χ1n) is 5.85. The van der Waals surface area contributed by atoms with Crippen LogP contribution in [0.5, 0.6) is 5.75 Å². The van der Waals surface area contributed by atoms with E-state index in [9.17, 15) is 9.59 Å². The van der Waals surface area contributed by atoms with Crippen LogP contribution in [-0.4, -0.2) is 29.1 Å². The second kappa shape index (κ2) is 6.23. The van der Waals surface area contributed by atoms with E-state index >= 15 is 0 Å².